The zero-order valence-electron chi connectivity index (χ0n) is 10.3. The van der Waals surface area contributed by atoms with Crippen LogP contribution in [0.5, 0.6) is 0 Å². The van der Waals surface area contributed by atoms with Gasteiger partial charge in [-0.2, -0.15) is 0 Å². The van der Waals surface area contributed by atoms with E-state index in [1.54, 1.807) is 16.2 Å². The molecule has 3 rings (SSSR count). The van der Waals surface area contributed by atoms with Gasteiger partial charge in [-0.1, -0.05) is 18.2 Å². The normalized spacial score (nSPS) is 18.9. The van der Waals surface area contributed by atoms with Gasteiger partial charge in [-0.15, -0.1) is 11.3 Å². The molecule has 1 fully saturated rings. The number of carbonyl (C=O) groups excluding carboxylic acids is 2. The molecule has 98 valence electrons. The minimum absolute atomic E-state index is 0.0845. The van der Waals surface area contributed by atoms with Gasteiger partial charge in [0.1, 0.15) is 6.04 Å². The fourth-order valence-electron chi connectivity index (χ4n) is 2.60. The molecule has 0 spiro atoms. The van der Waals surface area contributed by atoms with E-state index in [1.165, 1.54) is 0 Å². The Bertz CT molecular complexity index is 650. The van der Waals surface area contributed by atoms with E-state index < -0.39 is 11.9 Å². The molecule has 2 aromatic rings. The second kappa shape index (κ2) is 4.66. The lowest BCUT2D eigenvalue weighted by Gasteiger charge is -2.21. The van der Waals surface area contributed by atoms with Crippen molar-refractivity contribution in [3.05, 3.63) is 35.2 Å². The van der Waals surface area contributed by atoms with E-state index in [4.69, 9.17) is 5.73 Å². The van der Waals surface area contributed by atoms with E-state index in [0.29, 0.717) is 18.5 Å². The molecule has 5 heteroatoms. The quantitative estimate of drug-likeness (QED) is 0.910. The van der Waals surface area contributed by atoms with E-state index >= 15 is 0 Å². The van der Waals surface area contributed by atoms with Gasteiger partial charge in [0.25, 0.3) is 5.91 Å². The van der Waals surface area contributed by atoms with Crippen LogP contribution in [-0.2, 0) is 4.79 Å². The molecule has 1 aromatic carbocycles. The molecule has 0 unspecified atom stereocenters. The summed E-state index contributed by atoms with van der Waals surface area (Å²) in [4.78, 5) is 25.6. The topological polar surface area (TPSA) is 63.4 Å². The zero-order chi connectivity index (χ0) is 13.4. The highest BCUT2D eigenvalue weighted by molar-refractivity contribution is 7.17. The second-order valence-electron chi connectivity index (χ2n) is 4.70. The fourth-order valence-corrected chi connectivity index (χ4v) is 3.54. The smallest absolute Gasteiger partial charge is 0.256 e. The molecular weight excluding hydrogens is 260 g/mol. The number of likely N-dealkylation sites (tertiary alicyclic amines) is 1. The monoisotopic (exact) mass is 274 g/mol. The summed E-state index contributed by atoms with van der Waals surface area (Å²) in [6, 6.07) is 7.35. The molecule has 0 radical (unpaired) electrons. The first-order valence-electron chi connectivity index (χ1n) is 6.25. The molecule has 2 N–H and O–H groups in total. The molecular formula is C14H14N2O2S. The van der Waals surface area contributed by atoms with Crippen molar-refractivity contribution in [3.8, 4) is 0 Å². The number of carbonyl (C=O) groups is 2. The Morgan fingerprint density at radius 1 is 1.32 bits per heavy atom. The van der Waals surface area contributed by atoms with Crippen molar-refractivity contribution in [2.24, 2.45) is 5.73 Å². The maximum absolute atomic E-state index is 12.6. The first-order chi connectivity index (χ1) is 9.18. The minimum atomic E-state index is -0.453. The molecule has 2 amide bonds. The Morgan fingerprint density at radius 3 is 2.89 bits per heavy atom. The molecule has 19 heavy (non-hydrogen) atoms. The molecule has 1 aromatic heterocycles. The first-order valence-corrected chi connectivity index (χ1v) is 7.13. The van der Waals surface area contributed by atoms with E-state index in [-0.39, 0.29) is 5.91 Å². The lowest BCUT2D eigenvalue weighted by atomic mass is 10.1. The van der Waals surface area contributed by atoms with Crippen LogP contribution in [0.2, 0.25) is 0 Å². The van der Waals surface area contributed by atoms with Crippen molar-refractivity contribution in [3.63, 3.8) is 0 Å². The van der Waals surface area contributed by atoms with Crippen LogP contribution in [-0.4, -0.2) is 29.3 Å². The summed E-state index contributed by atoms with van der Waals surface area (Å²) in [5, 5.41) is 2.82. The molecule has 0 bridgehead atoms. The predicted molar refractivity (Wildman–Crippen MR) is 75.1 cm³/mol. The summed E-state index contributed by atoms with van der Waals surface area (Å²) >= 11 is 1.55. The molecule has 1 saturated heterocycles. The lowest BCUT2D eigenvalue weighted by molar-refractivity contribution is -0.121. The van der Waals surface area contributed by atoms with Crippen molar-refractivity contribution in [2.75, 3.05) is 6.54 Å². The summed E-state index contributed by atoms with van der Waals surface area (Å²) in [6.45, 7) is 0.608. The van der Waals surface area contributed by atoms with Crippen LogP contribution in [0.1, 0.15) is 23.2 Å². The molecule has 1 aliphatic rings. The van der Waals surface area contributed by atoms with Crippen molar-refractivity contribution >= 4 is 33.2 Å². The number of hydrogen-bond acceptors (Lipinski definition) is 3. The Morgan fingerprint density at radius 2 is 2.11 bits per heavy atom. The third-order valence-electron chi connectivity index (χ3n) is 3.55. The average Bonchev–Trinajstić information content (AvgIpc) is 3.05. The Balaban J connectivity index is 1.98. The molecule has 2 heterocycles. The Kier molecular flexibility index (Phi) is 2.98. The van der Waals surface area contributed by atoms with Gasteiger partial charge < -0.3 is 10.6 Å². The van der Waals surface area contributed by atoms with E-state index in [1.807, 2.05) is 29.6 Å². The lowest BCUT2D eigenvalue weighted by Crippen LogP contribution is -2.43. The summed E-state index contributed by atoms with van der Waals surface area (Å²) in [5.74, 6) is -0.496. The average molecular weight is 274 g/mol. The van der Waals surface area contributed by atoms with Crippen LogP contribution in [0, 0.1) is 0 Å². The van der Waals surface area contributed by atoms with Crippen molar-refractivity contribution in [1.82, 2.24) is 4.90 Å². The van der Waals surface area contributed by atoms with Gasteiger partial charge in [-0.25, -0.2) is 0 Å². The van der Waals surface area contributed by atoms with Crippen LogP contribution in [0.4, 0.5) is 0 Å². The van der Waals surface area contributed by atoms with Crippen LogP contribution in [0.3, 0.4) is 0 Å². The summed E-state index contributed by atoms with van der Waals surface area (Å²) in [6.07, 6.45) is 1.50. The summed E-state index contributed by atoms with van der Waals surface area (Å²) in [5.41, 5.74) is 6.04. The SMILES string of the molecule is NC(=O)[C@@H]1CCCN1C(=O)c1csc2ccccc12. The first kappa shape index (κ1) is 12.2. The van der Waals surface area contributed by atoms with Crippen LogP contribution in [0.25, 0.3) is 10.1 Å². The number of amides is 2. The molecule has 0 aliphatic carbocycles. The van der Waals surface area contributed by atoms with E-state index in [9.17, 15) is 9.59 Å². The van der Waals surface area contributed by atoms with Crippen molar-refractivity contribution in [2.45, 2.75) is 18.9 Å². The van der Waals surface area contributed by atoms with Gasteiger partial charge in [0.2, 0.25) is 5.91 Å². The number of nitrogens with zero attached hydrogens (tertiary/aromatic N) is 1. The second-order valence-corrected chi connectivity index (χ2v) is 5.62. The minimum Gasteiger partial charge on any atom is -0.368 e. The Hall–Kier alpha value is -1.88. The van der Waals surface area contributed by atoms with E-state index in [2.05, 4.69) is 0 Å². The third kappa shape index (κ3) is 2.00. The number of nitrogens with two attached hydrogens (primary N) is 1. The van der Waals surface area contributed by atoms with Crippen LogP contribution >= 0.6 is 11.3 Å². The molecule has 4 nitrogen and oxygen atoms in total. The maximum Gasteiger partial charge on any atom is 0.256 e. The number of hydrogen-bond donors (Lipinski definition) is 1. The van der Waals surface area contributed by atoms with Gasteiger partial charge in [0, 0.05) is 22.0 Å². The molecule has 1 atom stereocenters. The van der Waals surface area contributed by atoms with E-state index in [0.717, 1.165) is 16.5 Å². The van der Waals surface area contributed by atoms with Crippen LogP contribution < -0.4 is 5.73 Å². The van der Waals surface area contributed by atoms with Gasteiger partial charge in [-0.05, 0) is 18.9 Å². The largest absolute Gasteiger partial charge is 0.368 e. The van der Waals surface area contributed by atoms with Crippen LogP contribution in [0.15, 0.2) is 29.6 Å². The maximum atomic E-state index is 12.6. The molecule has 1 aliphatic heterocycles. The van der Waals surface area contributed by atoms with Gasteiger partial charge in [0.15, 0.2) is 0 Å². The predicted octanol–water partition coefficient (Wildman–Crippen LogP) is 1.99. The number of thiophene rings is 1. The third-order valence-corrected chi connectivity index (χ3v) is 4.52. The standard InChI is InChI=1S/C14H14N2O2S/c15-13(17)11-5-3-7-16(11)14(18)10-8-19-12-6-2-1-4-9(10)12/h1-2,4,6,8,11H,3,5,7H2,(H2,15,17)/t11-/m0/s1. The highest BCUT2D eigenvalue weighted by atomic mass is 32.1. The highest BCUT2D eigenvalue weighted by Gasteiger charge is 2.33. The highest BCUT2D eigenvalue weighted by Crippen LogP contribution is 2.29. The fraction of sp³-hybridized carbons (Fsp3) is 0.286. The summed E-state index contributed by atoms with van der Waals surface area (Å²) < 4.78 is 1.08. The van der Waals surface area contributed by atoms with Crippen molar-refractivity contribution in [1.29, 1.82) is 0 Å². The van der Waals surface area contributed by atoms with Gasteiger partial charge >= 0.3 is 0 Å². The zero-order valence-corrected chi connectivity index (χ0v) is 11.2. The summed E-state index contributed by atoms with van der Waals surface area (Å²) in [7, 11) is 0. The Labute approximate surface area is 114 Å². The van der Waals surface area contributed by atoms with Gasteiger partial charge in [0.05, 0.1) is 5.56 Å². The number of benzene rings is 1. The number of fused-ring (bicyclic) bond motifs is 1. The number of rotatable bonds is 2. The van der Waals surface area contributed by atoms with Gasteiger partial charge in [-0.3, -0.25) is 9.59 Å². The number of primary amides is 1. The molecule has 0 saturated carbocycles. The van der Waals surface area contributed by atoms with Crippen molar-refractivity contribution < 1.29 is 9.59 Å².